The Hall–Kier alpha value is -2.33. The Morgan fingerprint density at radius 3 is 2.14 bits per heavy atom. The van der Waals surface area contributed by atoms with Crippen LogP contribution in [0.5, 0.6) is 0 Å². The third-order valence-electron chi connectivity index (χ3n) is 3.01. The highest BCUT2D eigenvalue weighted by atomic mass is 35.5. The van der Waals surface area contributed by atoms with Gasteiger partial charge in [0.05, 0.1) is 23.7 Å². The number of hydrogen-bond acceptors (Lipinski definition) is 3. The molecule has 0 aromatic heterocycles. The van der Waals surface area contributed by atoms with E-state index in [1.54, 1.807) is 19.1 Å². The maximum Gasteiger partial charge on any atom is 0.338 e. The highest BCUT2D eigenvalue weighted by molar-refractivity contribution is 6.28. The Balaban J connectivity index is 2.17. The lowest BCUT2D eigenvalue weighted by molar-refractivity contribution is 0.0526. The third kappa shape index (κ3) is 4.09. The van der Waals surface area contributed by atoms with E-state index in [9.17, 15) is 4.79 Å². The summed E-state index contributed by atoms with van der Waals surface area (Å²) in [6.45, 7) is 2.15. The van der Waals surface area contributed by atoms with Crippen molar-refractivity contribution >= 4 is 29.1 Å². The summed E-state index contributed by atoms with van der Waals surface area (Å²) in [5.74, 6) is 0.278. The van der Waals surface area contributed by atoms with Crippen LogP contribution in [0.3, 0.4) is 0 Å². The summed E-state index contributed by atoms with van der Waals surface area (Å²) in [6, 6.07) is 14.9. The number of benzene rings is 2. The zero-order chi connectivity index (χ0) is 15.9. The first-order valence-electron chi connectivity index (χ1n) is 6.90. The maximum absolute atomic E-state index is 11.6. The molecule has 0 radical (unpaired) electrons. The van der Waals surface area contributed by atoms with Crippen LogP contribution in [0.1, 0.15) is 17.3 Å². The second kappa shape index (κ2) is 7.61. The van der Waals surface area contributed by atoms with Gasteiger partial charge in [-0.2, -0.15) is 0 Å². The lowest BCUT2D eigenvalue weighted by Crippen LogP contribution is -2.12. The van der Waals surface area contributed by atoms with Crippen molar-refractivity contribution in [3.63, 3.8) is 0 Å². The number of rotatable bonds is 5. The van der Waals surface area contributed by atoms with Crippen LogP contribution in [0.15, 0.2) is 53.5 Å². The molecule has 0 heterocycles. The van der Waals surface area contributed by atoms with Crippen LogP contribution in [-0.4, -0.2) is 24.3 Å². The molecule has 0 spiro atoms. The molecule has 2 aromatic carbocycles. The Morgan fingerprint density at radius 1 is 1.09 bits per heavy atom. The van der Waals surface area contributed by atoms with Gasteiger partial charge < -0.3 is 10.5 Å². The molecule has 2 rings (SSSR count). The van der Waals surface area contributed by atoms with E-state index in [0.717, 1.165) is 16.8 Å². The Bertz CT molecular complexity index is 664. The number of hydrogen-bond donors (Lipinski definition) is 1. The van der Waals surface area contributed by atoms with Crippen molar-refractivity contribution in [1.29, 1.82) is 0 Å². The smallest absolute Gasteiger partial charge is 0.338 e. The van der Waals surface area contributed by atoms with E-state index in [4.69, 9.17) is 22.1 Å². The predicted molar refractivity (Wildman–Crippen MR) is 89.8 cm³/mol. The molecule has 0 aliphatic heterocycles. The molecule has 0 atom stereocenters. The normalized spacial score (nSPS) is 11.3. The van der Waals surface area contributed by atoms with Crippen LogP contribution in [0.4, 0.5) is 5.69 Å². The van der Waals surface area contributed by atoms with Crippen LogP contribution < -0.4 is 5.73 Å². The Kier molecular flexibility index (Phi) is 5.55. The lowest BCUT2D eigenvalue weighted by Gasteiger charge is -2.05. The second-order valence-corrected chi connectivity index (χ2v) is 4.85. The highest BCUT2D eigenvalue weighted by Crippen LogP contribution is 2.23. The van der Waals surface area contributed by atoms with E-state index in [1.165, 1.54) is 0 Å². The quantitative estimate of drug-likeness (QED) is 0.395. The molecule has 0 amide bonds. The molecule has 0 unspecified atom stereocenters. The first kappa shape index (κ1) is 16.0. The minimum Gasteiger partial charge on any atom is -0.462 e. The number of ether oxygens (including phenoxy) is 1. The number of aliphatic imine (C=N–C) groups is 1. The van der Waals surface area contributed by atoms with Crippen LogP contribution in [-0.2, 0) is 4.74 Å². The summed E-state index contributed by atoms with van der Waals surface area (Å²) >= 11 is 5.60. The van der Waals surface area contributed by atoms with Gasteiger partial charge >= 0.3 is 5.97 Å². The number of amidine groups is 1. The molecule has 4 nitrogen and oxygen atoms in total. The van der Waals surface area contributed by atoms with Gasteiger partial charge in [-0.25, -0.2) is 9.79 Å². The number of carbonyl (C=O) groups is 1. The average Bonchev–Trinajstić information content (AvgIpc) is 2.56. The molecule has 0 saturated carbocycles. The summed E-state index contributed by atoms with van der Waals surface area (Å²) in [4.78, 5) is 15.8. The van der Waals surface area contributed by atoms with Crippen molar-refractivity contribution in [3.05, 3.63) is 54.1 Å². The van der Waals surface area contributed by atoms with E-state index in [-0.39, 0.29) is 11.8 Å². The fraction of sp³-hybridized carbons (Fsp3) is 0.176. The van der Waals surface area contributed by atoms with E-state index in [2.05, 4.69) is 4.99 Å². The SMILES string of the molecule is CCOC(=O)c1ccc(-c2ccc(N=C(N)CCl)cc2)cc1. The molecule has 114 valence electrons. The monoisotopic (exact) mass is 316 g/mol. The van der Waals surface area contributed by atoms with Crippen molar-refractivity contribution in [2.75, 3.05) is 12.5 Å². The van der Waals surface area contributed by atoms with Crippen molar-refractivity contribution in [2.45, 2.75) is 6.92 Å². The number of nitrogens with zero attached hydrogens (tertiary/aromatic N) is 1. The predicted octanol–water partition coefficient (Wildman–Crippen LogP) is 3.76. The average molecular weight is 317 g/mol. The van der Waals surface area contributed by atoms with Gasteiger partial charge in [0.15, 0.2) is 0 Å². The van der Waals surface area contributed by atoms with Crippen molar-refractivity contribution < 1.29 is 9.53 Å². The van der Waals surface area contributed by atoms with Crippen molar-refractivity contribution in [2.24, 2.45) is 10.7 Å². The van der Waals surface area contributed by atoms with Gasteiger partial charge in [0.25, 0.3) is 0 Å². The number of carbonyl (C=O) groups excluding carboxylic acids is 1. The van der Waals surface area contributed by atoms with Gasteiger partial charge in [0.2, 0.25) is 0 Å². The zero-order valence-corrected chi connectivity index (χ0v) is 13.0. The van der Waals surface area contributed by atoms with Crippen LogP contribution in [0.2, 0.25) is 0 Å². The number of alkyl halides is 1. The highest BCUT2D eigenvalue weighted by Gasteiger charge is 2.06. The fourth-order valence-corrected chi connectivity index (χ4v) is 2.00. The summed E-state index contributed by atoms with van der Waals surface area (Å²) in [6.07, 6.45) is 0. The van der Waals surface area contributed by atoms with Gasteiger partial charge in [0, 0.05) is 0 Å². The molecule has 5 heteroatoms. The zero-order valence-electron chi connectivity index (χ0n) is 12.3. The van der Waals surface area contributed by atoms with E-state index in [1.807, 2.05) is 36.4 Å². The second-order valence-electron chi connectivity index (χ2n) is 4.58. The maximum atomic E-state index is 11.6. The molecule has 0 aliphatic carbocycles. The van der Waals surface area contributed by atoms with E-state index >= 15 is 0 Å². The molecule has 0 bridgehead atoms. The Labute approximate surface area is 134 Å². The molecule has 2 aromatic rings. The van der Waals surface area contributed by atoms with Crippen molar-refractivity contribution in [3.8, 4) is 11.1 Å². The molecular formula is C17H17ClN2O2. The number of nitrogens with two attached hydrogens (primary N) is 1. The fourth-order valence-electron chi connectivity index (χ4n) is 1.94. The van der Waals surface area contributed by atoms with E-state index in [0.29, 0.717) is 18.0 Å². The third-order valence-corrected chi connectivity index (χ3v) is 3.28. The molecule has 0 saturated heterocycles. The first-order valence-corrected chi connectivity index (χ1v) is 7.44. The van der Waals surface area contributed by atoms with Gasteiger partial charge in [0.1, 0.15) is 5.84 Å². The molecule has 2 N–H and O–H groups in total. The topological polar surface area (TPSA) is 64.7 Å². The van der Waals surface area contributed by atoms with Crippen LogP contribution in [0.25, 0.3) is 11.1 Å². The summed E-state index contributed by atoms with van der Waals surface area (Å²) in [7, 11) is 0. The lowest BCUT2D eigenvalue weighted by atomic mass is 10.0. The largest absolute Gasteiger partial charge is 0.462 e. The minimum atomic E-state index is -0.310. The summed E-state index contributed by atoms with van der Waals surface area (Å²) in [5, 5.41) is 0. The molecule has 0 aliphatic rings. The molecule has 0 fully saturated rings. The van der Waals surface area contributed by atoms with E-state index < -0.39 is 0 Å². The minimum absolute atomic E-state index is 0.205. The molecular weight excluding hydrogens is 300 g/mol. The summed E-state index contributed by atoms with van der Waals surface area (Å²) < 4.78 is 4.96. The summed E-state index contributed by atoms with van der Waals surface area (Å²) in [5.41, 5.74) is 8.93. The number of esters is 1. The van der Waals surface area contributed by atoms with Crippen molar-refractivity contribution in [1.82, 2.24) is 0 Å². The van der Waals surface area contributed by atoms with Gasteiger partial charge in [-0.3, -0.25) is 0 Å². The van der Waals surface area contributed by atoms with Gasteiger partial charge in [-0.05, 0) is 42.3 Å². The molecule has 22 heavy (non-hydrogen) atoms. The number of halogens is 1. The first-order chi connectivity index (χ1) is 10.6. The van der Waals surface area contributed by atoms with Gasteiger partial charge in [-0.15, -0.1) is 11.6 Å². The Morgan fingerprint density at radius 2 is 1.64 bits per heavy atom. The van der Waals surface area contributed by atoms with Gasteiger partial charge in [-0.1, -0.05) is 24.3 Å². The van der Waals surface area contributed by atoms with Crippen LogP contribution >= 0.6 is 11.6 Å². The standard InChI is InChI=1S/C17H17ClN2O2/c1-2-22-17(21)14-5-3-12(4-6-14)13-7-9-15(10-8-13)20-16(19)11-18/h3-10H,2,11H2,1H3,(H2,19,20). The van der Waals surface area contributed by atoms with Crippen LogP contribution in [0, 0.1) is 0 Å².